The molecule has 0 saturated carbocycles. The van der Waals surface area contributed by atoms with E-state index >= 15 is 0 Å². The number of pyridine rings is 1. The molecule has 0 aliphatic rings. The number of esters is 1. The summed E-state index contributed by atoms with van der Waals surface area (Å²) in [5.41, 5.74) is 1.87. The summed E-state index contributed by atoms with van der Waals surface area (Å²) in [6.45, 7) is 9.51. The van der Waals surface area contributed by atoms with Gasteiger partial charge in [-0.15, -0.1) is 0 Å². The molecule has 0 radical (unpaired) electrons. The van der Waals surface area contributed by atoms with Crippen LogP contribution in [0.2, 0.25) is 0 Å². The first-order valence-corrected chi connectivity index (χ1v) is 5.53. The fourth-order valence-corrected chi connectivity index (χ4v) is 1.52. The Labute approximate surface area is 103 Å². The van der Waals surface area contributed by atoms with Gasteiger partial charge in [-0.25, -0.2) is 9.78 Å². The molecular weight excluding hydrogens is 270 g/mol. The second-order valence-corrected chi connectivity index (χ2v) is 3.94. The Balaban J connectivity index is 3.16. The predicted molar refractivity (Wildman–Crippen MR) is 68.2 cm³/mol. The van der Waals surface area contributed by atoms with Crippen LogP contribution in [0.15, 0.2) is 25.4 Å². The van der Waals surface area contributed by atoms with Crippen molar-refractivity contribution in [1.29, 1.82) is 0 Å². The summed E-state index contributed by atoms with van der Waals surface area (Å²) in [4.78, 5) is 15.5. The fraction of sp³-hybridized carbons (Fsp3) is 0.167. The summed E-state index contributed by atoms with van der Waals surface area (Å²) in [7, 11) is 0. The van der Waals surface area contributed by atoms with Crippen molar-refractivity contribution in [3.05, 3.63) is 42.2 Å². The molecule has 0 N–H and O–H groups in total. The number of carbonyl (C=O) groups excluding carboxylic acids is 1. The molecule has 1 aromatic heterocycles. The van der Waals surface area contributed by atoms with Gasteiger partial charge >= 0.3 is 5.97 Å². The Kier molecular flexibility index (Phi) is 4.43. The standard InChI is InChI=1S/C12H12BrNO2/c1-4-9-7-14-11(12(15)16-5-2)6-10(9)8(3)13/h4,6-7H,1,3,5H2,2H3. The molecular formula is C12H12BrNO2. The van der Waals surface area contributed by atoms with E-state index in [-0.39, 0.29) is 5.69 Å². The minimum absolute atomic E-state index is 0.267. The quantitative estimate of drug-likeness (QED) is 0.796. The van der Waals surface area contributed by atoms with Crippen LogP contribution >= 0.6 is 15.9 Å². The molecule has 0 aliphatic heterocycles. The summed E-state index contributed by atoms with van der Waals surface area (Å²) in [5.74, 6) is -0.437. The second kappa shape index (κ2) is 5.61. The highest BCUT2D eigenvalue weighted by molar-refractivity contribution is 9.15. The number of carbonyl (C=O) groups is 1. The van der Waals surface area contributed by atoms with Gasteiger partial charge in [0.2, 0.25) is 0 Å². The van der Waals surface area contributed by atoms with Crippen LogP contribution in [0.1, 0.15) is 28.5 Å². The van der Waals surface area contributed by atoms with E-state index in [4.69, 9.17) is 4.74 Å². The van der Waals surface area contributed by atoms with Gasteiger partial charge in [0.1, 0.15) is 5.69 Å². The zero-order valence-electron chi connectivity index (χ0n) is 9.00. The molecule has 4 heteroatoms. The number of rotatable bonds is 4. The fourth-order valence-electron chi connectivity index (χ4n) is 1.18. The van der Waals surface area contributed by atoms with E-state index in [1.807, 2.05) is 0 Å². The lowest BCUT2D eigenvalue weighted by atomic mass is 10.1. The van der Waals surface area contributed by atoms with Crippen LogP contribution in [-0.2, 0) is 4.74 Å². The largest absolute Gasteiger partial charge is 0.461 e. The Hall–Kier alpha value is -1.42. The summed E-state index contributed by atoms with van der Waals surface area (Å²) in [5, 5.41) is 0. The van der Waals surface area contributed by atoms with Crippen LogP contribution in [0, 0.1) is 0 Å². The molecule has 0 amide bonds. The van der Waals surface area contributed by atoms with Gasteiger partial charge in [-0.3, -0.25) is 0 Å². The molecule has 0 saturated heterocycles. The van der Waals surface area contributed by atoms with Crippen LogP contribution in [0.25, 0.3) is 10.6 Å². The highest BCUT2D eigenvalue weighted by Gasteiger charge is 2.11. The average molecular weight is 282 g/mol. The van der Waals surface area contributed by atoms with E-state index in [9.17, 15) is 4.79 Å². The Bertz CT molecular complexity index is 441. The smallest absolute Gasteiger partial charge is 0.356 e. The van der Waals surface area contributed by atoms with Crippen LogP contribution in [-0.4, -0.2) is 17.6 Å². The molecule has 0 bridgehead atoms. The Morgan fingerprint density at radius 2 is 2.38 bits per heavy atom. The van der Waals surface area contributed by atoms with Gasteiger partial charge in [0, 0.05) is 16.2 Å². The predicted octanol–water partition coefficient (Wildman–Crippen LogP) is 3.27. The summed E-state index contributed by atoms with van der Waals surface area (Å²) in [6, 6.07) is 1.63. The highest BCUT2D eigenvalue weighted by atomic mass is 79.9. The normalized spacial score (nSPS) is 9.62. The minimum Gasteiger partial charge on any atom is -0.461 e. The summed E-state index contributed by atoms with van der Waals surface area (Å²) < 4.78 is 5.54. The Morgan fingerprint density at radius 1 is 1.69 bits per heavy atom. The lowest BCUT2D eigenvalue weighted by molar-refractivity contribution is 0.0519. The lowest BCUT2D eigenvalue weighted by Crippen LogP contribution is -2.07. The van der Waals surface area contributed by atoms with Gasteiger partial charge < -0.3 is 4.74 Å². The maximum Gasteiger partial charge on any atom is 0.356 e. The molecule has 0 fully saturated rings. The molecule has 1 aromatic rings. The number of nitrogens with zero attached hydrogens (tertiary/aromatic N) is 1. The maximum absolute atomic E-state index is 11.5. The first kappa shape index (κ1) is 12.6. The van der Waals surface area contributed by atoms with Crippen molar-refractivity contribution in [2.45, 2.75) is 6.92 Å². The highest BCUT2D eigenvalue weighted by Crippen LogP contribution is 2.24. The molecule has 84 valence electrons. The monoisotopic (exact) mass is 281 g/mol. The van der Waals surface area contributed by atoms with Crippen molar-refractivity contribution >= 4 is 32.5 Å². The van der Waals surface area contributed by atoms with Crippen LogP contribution < -0.4 is 0 Å². The van der Waals surface area contributed by atoms with E-state index in [1.54, 1.807) is 25.3 Å². The van der Waals surface area contributed by atoms with Gasteiger partial charge in [0.25, 0.3) is 0 Å². The van der Waals surface area contributed by atoms with E-state index in [1.165, 1.54) is 0 Å². The molecule has 0 aromatic carbocycles. The minimum atomic E-state index is -0.437. The third-order valence-electron chi connectivity index (χ3n) is 1.93. The molecule has 1 heterocycles. The van der Waals surface area contributed by atoms with Crippen molar-refractivity contribution < 1.29 is 9.53 Å². The van der Waals surface area contributed by atoms with Crippen LogP contribution in [0.5, 0.6) is 0 Å². The maximum atomic E-state index is 11.5. The van der Waals surface area contributed by atoms with E-state index < -0.39 is 5.97 Å². The van der Waals surface area contributed by atoms with Gasteiger partial charge in [-0.05, 0) is 18.6 Å². The van der Waals surface area contributed by atoms with Gasteiger partial charge in [0.15, 0.2) is 0 Å². The number of ether oxygens (including phenoxy) is 1. The van der Waals surface area contributed by atoms with E-state index in [2.05, 4.69) is 34.1 Å². The van der Waals surface area contributed by atoms with Gasteiger partial charge in [0.05, 0.1) is 6.61 Å². The van der Waals surface area contributed by atoms with E-state index in [0.717, 1.165) is 11.1 Å². The van der Waals surface area contributed by atoms with Crippen LogP contribution in [0.4, 0.5) is 0 Å². The molecule has 0 atom stereocenters. The SMILES string of the molecule is C=Cc1cnc(C(=O)OCC)cc1C(=C)Br. The molecule has 3 nitrogen and oxygen atoms in total. The molecule has 0 unspecified atom stereocenters. The second-order valence-electron chi connectivity index (χ2n) is 2.99. The zero-order chi connectivity index (χ0) is 12.1. The summed E-state index contributed by atoms with van der Waals surface area (Å²) in [6.07, 6.45) is 3.23. The average Bonchev–Trinajstić information content (AvgIpc) is 2.28. The third kappa shape index (κ3) is 2.79. The van der Waals surface area contributed by atoms with E-state index in [0.29, 0.717) is 11.1 Å². The van der Waals surface area contributed by atoms with Crippen molar-refractivity contribution in [3.8, 4) is 0 Å². The van der Waals surface area contributed by atoms with Crippen molar-refractivity contribution in [2.75, 3.05) is 6.61 Å². The summed E-state index contributed by atoms with van der Waals surface area (Å²) >= 11 is 3.27. The van der Waals surface area contributed by atoms with Crippen molar-refractivity contribution in [1.82, 2.24) is 4.98 Å². The van der Waals surface area contributed by atoms with Gasteiger partial charge in [-0.1, -0.05) is 35.2 Å². The van der Waals surface area contributed by atoms with Crippen LogP contribution in [0.3, 0.4) is 0 Å². The Morgan fingerprint density at radius 3 is 2.88 bits per heavy atom. The topological polar surface area (TPSA) is 39.2 Å². The molecule has 1 rings (SSSR count). The number of aromatic nitrogens is 1. The van der Waals surface area contributed by atoms with Crippen molar-refractivity contribution in [3.63, 3.8) is 0 Å². The molecule has 0 spiro atoms. The number of hydrogen-bond acceptors (Lipinski definition) is 3. The lowest BCUT2D eigenvalue weighted by Gasteiger charge is -2.06. The van der Waals surface area contributed by atoms with Crippen molar-refractivity contribution in [2.24, 2.45) is 0 Å². The van der Waals surface area contributed by atoms with Gasteiger partial charge in [-0.2, -0.15) is 0 Å². The first-order chi connectivity index (χ1) is 7.60. The first-order valence-electron chi connectivity index (χ1n) is 4.74. The number of hydrogen-bond donors (Lipinski definition) is 0. The molecule has 16 heavy (non-hydrogen) atoms. The number of halogens is 1. The molecule has 0 aliphatic carbocycles. The third-order valence-corrected chi connectivity index (χ3v) is 2.36. The zero-order valence-corrected chi connectivity index (χ0v) is 10.6.